The molecule has 1 N–H and O–H groups in total. The lowest BCUT2D eigenvalue weighted by atomic mass is 9.87. The van der Waals surface area contributed by atoms with E-state index in [0.717, 1.165) is 31.7 Å². The molecule has 1 fully saturated rings. The molecular weight excluding hydrogens is 264 g/mol. The third kappa shape index (κ3) is 2.91. The van der Waals surface area contributed by atoms with Crippen LogP contribution in [0.3, 0.4) is 0 Å². The highest BCUT2D eigenvalue weighted by Gasteiger charge is 2.31. The predicted octanol–water partition coefficient (Wildman–Crippen LogP) is 2.28. The zero-order valence-corrected chi connectivity index (χ0v) is 12.9. The summed E-state index contributed by atoms with van der Waals surface area (Å²) in [6, 6.07) is 6.73. The summed E-state index contributed by atoms with van der Waals surface area (Å²) in [5.74, 6) is 0.920. The van der Waals surface area contributed by atoms with Crippen LogP contribution in [0.25, 0.3) is 0 Å². The van der Waals surface area contributed by atoms with Gasteiger partial charge in [0.2, 0.25) is 0 Å². The number of likely N-dealkylation sites (N-methyl/N-ethyl adjacent to an activating group) is 1. The van der Waals surface area contributed by atoms with Crippen LogP contribution in [0.2, 0.25) is 0 Å². The van der Waals surface area contributed by atoms with Crippen LogP contribution in [-0.2, 0) is 11.2 Å². The van der Waals surface area contributed by atoms with Gasteiger partial charge in [0.15, 0.2) is 6.10 Å². The maximum Gasteiger partial charge on any atom is 0.263 e. The molecule has 0 spiro atoms. The van der Waals surface area contributed by atoms with Gasteiger partial charge in [-0.1, -0.05) is 13.0 Å². The van der Waals surface area contributed by atoms with Gasteiger partial charge in [-0.15, -0.1) is 0 Å². The number of nitrogens with zero attached hydrogens (tertiary/aromatic N) is 1. The van der Waals surface area contributed by atoms with Crippen LogP contribution in [0.5, 0.6) is 5.75 Å². The van der Waals surface area contributed by atoms with Crippen LogP contribution in [0.1, 0.15) is 43.4 Å². The SMILES string of the molecule is CCNC1CCCc2ccc(OC3CCN(C)C3=O)cc21. The molecule has 1 heterocycles. The van der Waals surface area contributed by atoms with Crippen molar-refractivity contribution < 1.29 is 9.53 Å². The largest absolute Gasteiger partial charge is 0.481 e. The van der Waals surface area contributed by atoms with Crippen molar-refractivity contribution in [3.8, 4) is 5.75 Å². The van der Waals surface area contributed by atoms with Gasteiger partial charge in [0, 0.05) is 26.1 Å². The summed E-state index contributed by atoms with van der Waals surface area (Å²) in [6.07, 6.45) is 4.02. The van der Waals surface area contributed by atoms with Gasteiger partial charge in [-0.05, 0) is 49.1 Å². The van der Waals surface area contributed by atoms with Gasteiger partial charge in [-0.3, -0.25) is 4.79 Å². The number of hydrogen-bond acceptors (Lipinski definition) is 3. The molecule has 1 aliphatic heterocycles. The number of rotatable bonds is 4. The highest BCUT2D eigenvalue weighted by molar-refractivity contribution is 5.83. The number of carbonyl (C=O) groups excluding carboxylic acids is 1. The minimum absolute atomic E-state index is 0.0935. The zero-order valence-electron chi connectivity index (χ0n) is 12.9. The summed E-state index contributed by atoms with van der Waals surface area (Å²) >= 11 is 0. The van der Waals surface area contributed by atoms with E-state index in [1.165, 1.54) is 24.0 Å². The zero-order chi connectivity index (χ0) is 14.8. The van der Waals surface area contributed by atoms with Crippen LogP contribution in [-0.4, -0.2) is 37.0 Å². The van der Waals surface area contributed by atoms with Crippen molar-refractivity contribution in [1.29, 1.82) is 0 Å². The second-order valence-electron chi connectivity index (χ2n) is 6.02. The summed E-state index contributed by atoms with van der Waals surface area (Å²) in [7, 11) is 1.83. The van der Waals surface area contributed by atoms with Gasteiger partial charge < -0.3 is 15.0 Å². The fraction of sp³-hybridized carbons (Fsp3) is 0.588. The van der Waals surface area contributed by atoms with Crippen molar-refractivity contribution >= 4 is 5.91 Å². The number of amides is 1. The molecule has 0 aromatic heterocycles. The Kier molecular flexibility index (Phi) is 4.15. The second-order valence-corrected chi connectivity index (χ2v) is 6.02. The minimum Gasteiger partial charge on any atom is -0.481 e. The Labute approximate surface area is 126 Å². The molecule has 1 aromatic rings. The quantitative estimate of drug-likeness (QED) is 0.924. The molecule has 0 saturated carbocycles. The fourth-order valence-corrected chi connectivity index (χ4v) is 3.37. The van der Waals surface area contributed by atoms with E-state index in [-0.39, 0.29) is 12.0 Å². The van der Waals surface area contributed by atoms with E-state index in [1.54, 1.807) is 4.90 Å². The molecule has 21 heavy (non-hydrogen) atoms. The highest BCUT2D eigenvalue weighted by Crippen LogP contribution is 2.33. The van der Waals surface area contributed by atoms with Gasteiger partial charge in [0.05, 0.1) is 0 Å². The normalized spacial score (nSPS) is 25.0. The lowest BCUT2D eigenvalue weighted by Gasteiger charge is -2.27. The number of carbonyl (C=O) groups is 1. The number of ether oxygens (including phenoxy) is 1. The van der Waals surface area contributed by atoms with Crippen LogP contribution in [0.4, 0.5) is 0 Å². The third-order valence-corrected chi connectivity index (χ3v) is 4.54. The van der Waals surface area contributed by atoms with E-state index in [1.807, 2.05) is 13.1 Å². The van der Waals surface area contributed by atoms with Gasteiger partial charge in [0.1, 0.15) is 5.75 Å². The van der Waals surface area contributed by atoms with Crippen LogP contribution in [0.15, 0.2) is 18.2 Å². The first-order valence-corrected chi connectivity index (χ1v) is 7.97. The van der Waals surface area contributed by atoms with E-state index in [4.69, 9.17) is 4.74 Å². The lowest BCUT2D eigenvalue weighted by molar-refractivity contribution is -0.132. The van der Waals surface area contributed by atoms with Gasteiger partial charge in [0.25, 0.3) is 5.91 Å². The molecule has 1 amide bonds. The first-order chi connectivity index (χ1) is 10.2. The molecule has 4 heteroatoms. The van der Waals surface area contributed by atoms with Crippen LogP contribution in [0, 0.1) is 0 Å². The number of likely N-dealkylation sites (tertiary alicyclic amines) is 1. The predicted molar refractivity (Wildman–Crippen MR) is 82.5 cm³/mol. The maximum atomic E-state index is 12.0. The summed E-state index contributed by atoms with van der Waals surface area (Å²) in [4.78, 5) is 13.7. The summed E-state index contributed by atoms with van der Waals surface area (Å²) in [6.45, 7) is 3.90. The molecule has 1 aliphatic carbocycles. The maximum absolute atomic E-state index is 12.0. The lowest BCUT2D eigenvalue weighted by Crippen LogP contribution is -2.29. The highest BCUT2D eigenvalue weighted by atomic mass is 16.5. The van der Waals surface area contributed by atoms with Gasteiger partial charge in [-0.25, -0.2) is 0 Å². The van der Waals surface area contributed by atoms with Crippen molar-refractivity contribution in [2.45, 2.75) is 44.8 Å². The Hall–Kier alpha value is -1.55. The Bertz CT molecular complexity index is 530. The van der Waals surface area contributed by atoms with Gasteiger partial charge >= 0.3 is 0 Å². The van der Waals surface area contributed by atoms with E-state index in [0.29, 0.717) is 6.04 Å². The van der Waals surface area contributed by atoms with Crippen molar-refractivity contribution in [2.75, 3.05) is 20.1 Å². The smallest absolute Gasteiger partial charge is 0.263 e. The Morgan fingerprint density at radius 2 is 2.24 bits per heavy atom. The first kappa shape index (κ1) is 14.4. The van der Waals surface area contributed by atoms with Gasteiger partial charge in [-0.2, -0.15) is 0 Å². The number of aryl methyl sites for hydroxylation is 1. The summed E-state index contributed by atoms with van der Waals surface area (Å²) in [5.41, 5.74) is 2.76. The number of hydrogen-bond donors (Lipinski definition) is 1. The first-order valence-electron chi connectivity index (χ1n) is 7.97. The summed E-state index contributed by atoms with van der Waals surface area (Å²) in [5, 5.41) is 3.55. The second kappa shape index (κ2) is 6.06. The van der Waals surface area contributed by atoms with Crippen molar-refractivity contribution in [3.05, 3.63) is 29.3 Å². The topological polar surface area (TPSA) is 41.6 Å². The molecule has 114 valence electrons. The molecule has 1 aromatic carbocycles. The van der Waals surface area contributed by atoms with Crippen molar-refractivity contribution in [1.82, 2.24) is 10.2 Å². The van der Waals surface area contributed by atoms with E-state index >= 15 is 0 Å². The molecular formula is C17H24N2O2. The Morgan fingerprint density at radius 1 is 1.38 bits per heavy atom. The summed E-state index contributed by atoms with van der Waals surface area (Å²) < 4.78 is 5.93. The fourth-order valence-electron chi connectivity index (χ4n) is 3.37. The molecule has 2 unspecified atom stereocenters. The van der Waals surface area contributed by atoms with Crippen LogP contribution < -0.4 is 10.1 Å². The molecule has 3 rings (SSSR count). The standard InChI is InChI=1S/C17H24N2O2/c1-3-18-15-6-4-5-12-7-8-13(11-14(12)15)21-16-9-10-19(2)17(16)20/h7-8,11,15-16,18H,3-6,9-10H2,1-2H3. The monoisotopic (exact) mass is 288 g/mol. The van der Waals surface area contributed by atoms with E-state index in [9.17, 15) is 4.79 Å². The molecule has 2 aliphatic rings. The molecule has 0 radical (unpaired) electrons. The van der Waals surface area contributed by atoms with E-state index in [2.05, 4.69) is 24.4 Å². The Morgan fingerprint density at radius 3 is 2.95 bits per heavy atom. The molecule has 0 bridgehead atoms. The number of benzene rings is 1. The number of fused-ring (bicyclic) bond motifs is 1. The van der Waals surface area contributed by atoms with Crippen LogP contribution >= 0.6 is 0 Å². The van der Waals surface area contributed by atoms with Crippen molar-refractivity contribution in [3.63, 3.8) is 0 Å². The number of nitrogens with one attached hydrogen (secondary N) is 1. The molecule has 1 saturated heterocycles. The third-order valence-electron chi connectivity index (χ3n) is 4.54. The Balaban J connectivity index is 1.78. The molecule has 2 atom stereocenters. The molecule has 4 nitrogen and oxygen atoms in total. The van der Waals surface area contributed by atoms with E-state index < -0.39 is 0 Å². The minimum atomic E-state index is -0.311. The average molecular weight is 288 g/mol. The van der Waals surface area contributed by atoms with Crippen molar-refractivity contribution in [2.24, 2.45) is 0 Å². The average Bonchev–Trinajstić information content (AvgIpc) is 2.80.